The Morgan fingerprint density at radius 3 is 2.25 bits per heavy atom. The minimum Gasteiger partial charge on any atom is -0.0958 e. The Kier molecular flexibility index (Phi) is 5.48. The number of allylic oxidation sites excluding steroid dienone is 7. The van der Waals surface area contributed by atoms with E-state index in [2.05, 4.69) is 6.58 Å². The van der Waals surface area contributed by atoms with Crippen molar-refractivity contribution in [2.24, 2.45) is 0 Å². The van der Waals surface area contributed by atoms with Crippen LogP contribution in [-0.4, -0.2) is 0 Å². The van der Waals surface area contributed by atoms with Gasteiger partial charge in [-0.1, -0.05) is 35.9 Å². The Hall–Kier alpha value is -0.750. The molecule has 1 heteroatoms. The van der Waals surface area contributed by atoms with Gasteiger partial charge in [0.2, 0.25) is 0 Å². The number of halogens is 1. The predicted molar refractivity (Wildman–Crippen MR) is 57.3 cm³/mol. The zero-order valence-corrected chi connectivity index (χ0v) is 8.65. The van der Waals surface area contributed by atoms with E-state index in [1.807, 2.05) is 45.1 Å². The molecule has 0 N–H and O–H groups in total. The van der Waals surface area contributed by atoms with Gasteiger partial charge >= 0.3 is 0 Å². The van der Waals surface area contributed by atoms with Gasteiger partial charge in [-0.25, -0.2) is 0 Å². The van der Waals surface area contributed by atoms with Crippen LogP contribution in [0.3, 0.4) is 0 Å². The third-order valence-corrected chi connectivity index (χ3v) is 1.74. The molecule has 66 valence electrons. The molecular formula is C11H15Cl. The highest BCUT2D eigenvalue weighted by Crippen LogP contribution is 2.08. The molecule has 0 aliphatic heterocycles. The second-order valence-corrected chi connectivity index (χ2v) is 3.12. The Labute approximate surface area is 79.9 Å². The van der Waals surface area contributed by atoms with E-state index in [-0.39, 0.29) is 0 Å². The summed E-state index contributed by atoms with van der Waals surface area (Å²) in [6, 6.07) is 0. The van der Waals surface area contributed by atoms with Gasteiger partial charge in [0.15, 0.2) is 0 Å². The third kappa shape index (κ3) is 4.97. The van der Waals surface area contributed by atoms with E-state index in [4.69, 9.17) is 11.6 Å². The van der Waals surface area contributed by atoms with Crippen molar-refractivity contribution in [3.63, 3.8) is 0 Å². The molecule has 0 aromatic heterocycles. The van der Waals surface area contributed by atoms with E-state index in [1.54, 1.807) is 0 Å². The lowest BCUT2D eigenvalue weighted by Gasteiger charge is -1.94. The Bertz CT molecular complexity index is 242. The van der Waals surface area contributed by atoms with E-state index in [0.717, 1.165) is 16.2 Å². The van der Waals surface area contributed by atoms with Gasteiger partial charge in [0, 0.05) is 5.03 Å². The first-order valence-electron chi connectivity index (χ1n) is 3.90. The Morgan fingerprint density at radius 2 is 1.83 bits per heavy atom. The second-order valence-electron chi connectivity index (χ2n) is 2.68. The van der Waals surface area contributed by atoms with Crippen molar-refractivity contribution >= 4 is 11.6 Å². The summed E-state index contributed by atoms with van der Waals surface area (Å²) < 4.78 is 0. The fourth-order valence-corrected chi connectivity index (χ4v) is 0.751. The molecule has 0 unspecified atom stereocenters. The molecule has 0 aliphatic rings. The first kappa shape index (κ1) is 11.2. The van der Waals surface area contributed by atoms with Crippen molar-refractivity contribution in [3.8, 4) is 0 Å². The minimum atomic E-state index is 0.734. The second kappa shape index (κ2) is 5.84. The highest BCUT2D eigenvalue weighted by Gasteiger charge is 1.86. The SMILES string of the molecule is C=C(C)/C(C)=C/C=C(Cl)\C=C/C. The van der Waals surface area contributed by atoms with Crippen LogP contribution in [0.2, 0.25) is 0 Å². The van der Waals surface area contributed by atoms with Crippen molar-refractivity contribution < 1.29 is 0 Å². The van der Waals surface area contributed by atoms with Crippen molar-refractivity contribution in [2.45, 2.75) is 20.8 Å². The molecular weight excluding hydrogens is 168 g/mol. The van der Waals surface area contributed by atoms with E-state index < -0.39 is 0 Å². The number of hydrogen-bond acceptors (Lipinski definition) is 0. The van der Waals surface area contributed by atoms with Gasteiger partial charge < -0.3 is 0 Å². The molecule has 0 amide bonds. The smallest absolute Gasteiger partial charge is 0.0402 e. The molecule has 0 nitrogen and oxygen atoms in total. The van der Waals surface area contributed by atoms with Crippen LogP contribution in [0.15, 0.2) is 47.1 Å². The molecule has 0 bridgehead atoms. The standard InChI is InChI=1S/C11H15Cl/c1-5-6-11(12)8-7-10(4)9(2)3/h5-8H,2H2,1,3-4H3/b6-5-,10-7+,11-8+. The van der Waals surface area contributed by atoms with E-state index in [0.29, 0.717) is 0 Å². The quantitative estimate of drug-likeness (QED) is 0.574. The van der Waals surface area contributed by atoms with Crippen molar-refractivity contribution in [1.82, 2.24) is 0 Å². The normalized spacial score (nSPS) is 14.0. The van der Waals surface area contributed by atoms with Crippen LogP contribution in [-0.2, 0) is 0 Å². The summed E-state index contributed by atoms with van der Waals surface area (Å²) in [5.74, 6) is 0. The van der Waals surface area contributed by atoms with Gasteiger partial charge in [-0.2, -0.15) is 0 Å². The Morgan fingerprint density at radius 1 is 1.25 bits per heavy atom. The molecule has 0 heterocycles. The molecule has 0 aliphatic carbocycles. The topological polar surface area (TPSA) is 0 Å². The first-order valence-corrected chi connectivity index (χ1v) is 4.28. The van der Waals surface area contributed by atoms with Crippen LogP contribution < -0.4 is 0 Å². The van der Waals surface area contributed by atoms with Crippen molar-refractivity contribution in [2.75, 3.05) is 0 Å². The summed E-state index contributed by atoms with van der Waals surface area (Å²) in [6.07, 6.45) is 7.59. The average Bonchev–Trinajstić information content (AvgIpc) is 2.00. The van der Waals surface area contributed by atoms with E-state index in [9.17, 15) is 0 Å². The third-order valence-electron chi connectivity index (χ3n) is 1.49. The molecule has 0 spiro atoms. The highest BCUT2D eigenvalue weighted by atomic mass is 35.5. The lowest BCUT2D eigenvalue weighted by atomic mass is 10.1. The van der Waals surface area contributed by atoms with Crippen LogP contribution in [0.25, 0.3) is 0 Å². The van der Waals surface area contributed by atoms with E-state index >= 15 is 0 Å². The summed E-state index contributed by atoms with van der Waals surface area (Å²) in [5.41, 5.74) is 2.22. The maximum atomic E-state index is 5.83. The van der Waals surface area contributed by atoms with Gasteiger partial charge in [-0.05, 0) is 38.5 Å². The fourth-order valence-electron chi connectivity index (χ4n) is 0.562. The molecule has 12 heavy (non-hydrogen) atoms. The van der Waals surface area contributed by atoms with Gasteiger partial charge in [0.05, 0.1) is 0 Å². The van der Waals surface area contributed by atoms with E-state index in [1.165, 1.54) is 0 Å². The lowest BCUT2D eigenvalue weighted by Crippen LogP contribution is -1.74. The Balaban J connectivity index is 4.37. The molecule has 0 saturated carbocycles. The summed E-state index contributed by atoms with van der Waals surface area (Å²) >= 11 is 5.83. The van der Waals surface area contributed by atoms with Crippen LogP contribution in [0.1, 0.15) is 20.8 Å². The molecule has 0 saturated heterocycles. The fraction of sp³-hybridized carbons (Fsp3) is 0.273. The zero-order chi connectivity index (χ0) is 9.56. The van der Waals surface area contributed by atoms with Gasteiger partial charge in [-0.15, -0.1) is 0 Å². The molecule has 0 rings (SSSR count). The summed E-state index contributed by atoms with van der Waals surface area (Å²) in [5, 5.41) is 0.734. The van der Waals surface area contributed by atoms with Crippen LogP contribution >= 0.6 is 11.6 Å². The summed E-state index contributed by atoms with van der Waals surface area (Å²) in [6.45, 7) is 9.74. The molecule has 0 radical (unpaired) electrons. The van der Waals surface area contributed by atoms with Crippen molar-refractivity contribution in [1.29, 1.82) is 0 Å². The van der Waals surface area contributed by atoms with Crippen LogP contribution in [0, 0.1) is 0 Å². The van der Waals surface area contributed by atoms with Gasteiger partial charge in [0.1, 0.15) is 0 Å². The maximum absolute atomic E-state index is 5.83. The largest absolute Gasteiger partial charge is 0.0958 e. The molecule has 0 aromatic rings. The van der Waals surface area contributed by atoms with Gasteiger partial charge in [0.25, 0.3) is 0 Å². The molecule has 0 atom stereocenters. The summed E-state index contributed by atoms with van der Waals surface area (Å²) in [7, 11) is 0. The first-order chi connectivity index (χ1) is 5.57. The predicted octanol–water partition coefficient (Wildman–Crippen LogP) is 4.21. The zero-order valence-electron chi connectivity index (χ0n) is 7.89. The summed E-state index contributed by atoms with van der Waals surface area (Å²) in [4.78, 5) is 0. The minimum absolute atomic E-state index is 0.734. The molecule has 0 fully saturated rings. The van der Waals surface area contributed by atoms with Crippen LogP contribution in [0.4, 0.5) is 0 Å². The number of rotatable bonds is 3. The highest BCUT2D eigenvalue weighted by molar-refractivity contribution is 6.31. The molecule has 0 aromatic carbocycles. The van der Waals surface area contributed by atoms with Gasteiger partial charge in [-0.3, -0.25) is 0 Å². The lowest BCUT2D eigenvalue weighted by molar-refractivity contribution is 1.36. The van der Waals surface area contributed by atoms with Crippen molar-refractivity contribution in [3.05, 3.63) is 47.1 Å². The van der Waals surface area contributed by atoms with Crippen LogP contribution in [0.5, 0.6) is 0 Å². The average molecular weight is 183 g/mol. The monoisotopic (exact) mass is 182 g/mol. The number of hydrogen-bond donors (Lipinski definition) is 0. The maximum Gasteiger partial charge on any atom is 0.0402 e.